The van der Waals surface area contributed by atoms with Crippen molar-refractivity contribution in [3.05, 3.63) is 128 Å². The lowest BCUT2D eigenvalue weighted by Crippen LogP contribution is -2.46. The molecule has 3 aromatic carbocycles. The molecule has 0 spiro atoms. The molecule has 1 amide bonds. The predicted molar refractivity (Wildman–Crippen MR) is 127 cm³/mol. The van der Waals surface area contributed by atoms with Gasteiger partial charge in [-0.15, -0.1) is 0 Å². The zero-order valence-electron chi connectivity index (χ0n) is 18.8. The first kappa shape index (κ1) is 22.8. The van der Waals surface area contributed by atoms with Gasteiger partial charge in [-0.3, -0.25) is 14.2 Å². The molecule has 1 heterocycles. The van der Waals surface area contributed by atoms with Crippen molar-refractivity contribution in [3.8, 4) is 5.69 Å². The molecule has 0 bridgehead atoms. The van der Waals surface area contributed by atoms with Crippen LogP contribution in [0.15, 0.2) is 88.5 Å². The van der Waals surface area contributed by atoms with Crippen LogP contribution in [0, 0.1) is 12.7 Å². The van der Waals surface area contributed by atoms with Gasteiger partial charge in [0.2, 0.25) is 5.69 Å². The topological polar surface area (TPSA) is 77.2 Å². The Morgan fingerprint density at radius 3 is 2.29 bits per heavy atom. The lowest BCUT2D eigenvalue weighted by Gasteiger charge is -2.18. The Morgan fingerprint density at radius 1 is 0.941 bits per heavy atom. The Morgan fingerprint density at radius 2 is 1.62 bits per heavy atom. The third kappa shape index (κ3) is 4.85. The van der Waals surface area contributed by atoms with Gasteiger partial charge in [-0.05, 0) is 42.3 Å². The Balaban J connectivity index is 1.82. The first-order valence-corrected chi connectivity index (χ1v) is 10.7. The van der Waals surface area contributed by atoms with Gasteiger partial charge in [-0.2, -0.15) is 9.78 Å². The zero-order chi connectivity index (χ0) is 24.2. The highest BCUT2D eigenvalue weighted by Gasteiger charge is 2.23. The normalized spacial score (nSPS) is 10.8. The highest BCUT2D eigenvalue weighted by Crippen LogP contribution is 2.09. The minimum absolute atomic E-state index is 0.202. The van der Waals surface area contributed by atoms with Gasteiger partial charge in [0.05, 0.1) is 12.2 Å². The van der Waals surface area contributed by atoms with E-state index in [-0.39, 0.29) is 13.1 Å². The summed E-state index contributed by atoms with van der Waals surface area (Å²) in [5.41, 5.74) is 0.729. The summed E-state index contributed by atoms with van der Waals surface area (Å²) in [4.78, 5) is 41.1. The lowest BCUT2D eigenvalue weighted by atomic mass is 10.2. The van der Waals surface area contributed by atoms with E-state index in [1.54, 1.807) is 37.4 Å². The van der Waals surface area contributed by atoms with Crippen molar-refractivity contribution in [2.45, 2.75) is 20.0 Å². The molecule has 0 unspecified atom stereocenters. The monoisotopic (exact) mass is 458 g/mol. The zero-order valence-corrected chi connectivity index (χ0v) is 18.8. The second kappa shape index (κ2) is 9.66. The summed E-state index contributed by atoms with van der Waals surface area (Å²) in [6.45, 7) is 1.96. The van der Waals surface area contributed by atoms with Crippen LogP contribution in [0.2, 0.25) is 0 Å². The number of carbonyl (C=O) groups excluding carboxylic acids is 1. The summed E-state index contributed by atoms with van der Waals surface area (Å²) in [5, 5.41) is 4.16. The maximum absolute atomic E-state index is 13.7. The maximum Gasteiger partial charge on any atom is 0.352 e. The Kier molecular flexibility index (Phi) is 6.49. The van der Waals surface area contributed by atoms with Gasteiger partial charge < -0.3 is 4.90 Å². The largest absolute Gasteiger partial charge is 0.352 e. The number of benzene rings is 3. The number of amides is 1. The summed E-state index contributed by atoms with van der Waals surface area (Å²) < 4.78 is 15.7. The lowest BCUT2D eigenvalue weighted by molar-refractivity contribution is 0.0773. The van der Waals surface area contributed by atoms with E-state index < -0.39 is 28.7 Å². The van der Waals surface area contributed by atoms with Crippen LogP contribution in [0.25, 0.3) is 5.69 Å². The average Bonchev–Trinajstić information content (AvgIpc) is 2.83. The number of hydrogen-bond donors (Lipinski definition) is 0. The van der Waals surface area contributed by atoms with Crippen molar-refractivity contribution in [3.63, 3.8) is 0 Å². The quantitative estimate of drug-likeness (QED) is 0.445. The van der Waals surface area contributed by atoms with Crippen LogP contribution >= 0.6 is 0 Å². The molecule has 172 valence electrons. The number of rotatable bonds is 6. The number of aryl methyl sites for hydroxylation is 1. The van der Waals surface area contributed by atoms with E-state index >= 15 is 0 Å². The Hall–Kier alpha value is -4.33. The van der Waals surface area contributed by atoms with Crippen LogP contribution < -0.4 is 11.2 Å². The van der Waals surface area contributed by atoms with E-state index in [2.05, 4.69) is 5.10 Å². The molecule has 1 aromatic heterocycles. The minimum atomic E-state index is -0.831. The van der Waals surface area contributed by atoms with E-state index in [4.69, 9.17) is 0 Å². The molecule has 0 N–H and O–H groups in total. The average molecular weight is 458 g/mol. The molecular formula is C26H23FN4O3. The molecule has 0 saturated carbocycles. The smallest absolute Gasteiger partial charge is 0.336 e. The number of halogens is 1. The highest BCUT2D eigenvalue weighted by atomic mass is 19.1. The van der Waals surface area contributed by atoms with E-state index in [1.165, 1.54) is 23.1 Å². The third-order valence-electron chi connectivity index (χ3n) is 5.38. The summed E-state index contributed by atoms with van der Waals surface area (Å²) in [6, 6.07) is 21.9. The van der Waals surface area contributed by atoms with Crippen molar-refractivity contribution in [1.82, 2.24) is 19.2 Å². The predicted octanol–water partition coefficient (Wildman–Crippen LogP) is 3.16. The number of carbonyl (C=O) groups is 1. The fourth-order valence-corrected chi connectivity index (χ4v) is 3.57. The first-order valence-electron chi connectivity index (χ1n) is 10.7. The SMILES string of the molecule is Cc1ccc(-n2nc(C(=O)N(C)Cc3ccccc3)c(=O)n(Cc3cccc(F)c3)c2=O)cc1. The fourth-order valence-electron chi connectivity index (χ4n) is 3.57. The summed E-state index contributed by atoms with van der Waals surface area (Å²) in [6.07, 6.45) is 0. The first-order chi connectivity index (χ1) is 16.3. The van der Waals surface area contributed by atoms with Gasteiger partial charge in [-0.1, -0.05) is 60.2 Å². The van der Waals surface area contributed by atoms with Crippen molar-refractivity contribution in [1.29, 1.82) is 0 Å². The molecule has 0 radical (unpaired) electrons. The van der Waals surface area contributed by atoms with Crippen LogP contribution in [-0.2, 0) is 13.1 Å². The molecule has 8 heteroatoms. The molecule has 34 heavy (non-hydrogen) atoms. The maximum atomic E-state index is 13.7. The van der Waals surface area contributed by atoms with E-state index in [0.29, 0.717) is 11.3 Å². The van der Waals surface area contributed by atoms with Crippen molar-refractivity contribution < 1.29 is 9.18 Å². The van der Waals surface area contributed by atoms with E-state index in [1.807, 2.05) is 37.3 Å². The number of aromatic nitrogens is 3. The standard InChI is InChI=1S/C26H23FN4O3/c1-18-11-13-22(14-12-18)31-26(34)30(17-20-9-6-10-21(27)15-20)25(33)23(28-31)24(32)29(2)16-19-7-4-3-5-8-19/h3-15H,16-17H2,1-2H3. The van der Waals surface area contributed by atoms with Gasteiger partial charge in [0, 0.05) is 13.6 Å². The highest BCUT2D eigenvalue weighted by molar-refractivity contribution is 5.91. The van der Waals surface area contributed by atoms with Gasteiger partial charge >= 0.3 is 5.69 Å². The van der Waals surface area contributed by atoms with E-state index in [0.717, 1.165) is 20.4 Å². The molecular weight excluding hydrogens is 435 g/mol. The minimum Gasteiger partial charge on any atom is -0.336 e. The van der Waals surface area contributed by atoms with Gasteiger partial charge in [0.1, 0.15) is 5.82 Å². The summed E-state index contributed by atoms with van der Waals surface area (Å²) in [5.74, 6) is -1.11. The van der Waals surface area contributed by atoms with Crippen LogP contribution in [0.4, 0.5) is 4.39 Å². The number of hydrogen-bond acceptors (Lipinski definition) is 4. The molecule has 0 aliphatic heterocycles. The molecule has 0 fully saturated rings. The van der Waals surface area contributed by atoms with Gasteiger partial charge in [0.15, 0.2) is 0 Å². The van der Waals surface area contributed by atoms with Crippen molar-refractivity contribution in [2.75, 3.05) is 7.05 Å². The van der Waals surface area contributed by atoms with Crippen LogP contribution in [0.3, 0.4) is 0 Å². The van der Waals surface area contributed by atoms with Crippen LogP contribution in [-0.4, -0.2) is 32.2 Å². The van der Waals surface area contributed by atoms with Crippen molar-refractivity contribution in [2.24, 2.45) is 0 Å². The Bertz CT molecular complexity index is 1440. The molecule has 0 saturated heterocycles. The Labute approximate surface area is 195 Å². The van der Waals surface area contributed by atoms with Crippen LogP contribution in [0.5, 0.6) is 0 Å². The van der Waals surface area contributed by atoms with Gasteiger partial charge in [0.25, 0.3) is 11.5 Å². The second-order valence-corrected chi connectivity index (χ2v) is 8.05. The molecule has 0 aliphatic carbocycles. The van der Waals surface area contributed by atoms with E-state index in [9.17, 15) is 18.8 Å². The van der Waals surface area contributed by atoms with Gasteiger partial charge in [-0.25, -0.2) is 9.18 Å². The molecule has 4 aromatic rings. The van der Waals surface area contributed by atoms with Crippen LogP contribution in [0.1, 0.15) is 27.2 Å². The summed E-state index contributed by atoms with van der Waals surface area (Å²) in [7, 11) is 1.56. The fraction of sp³-hybridized carbons (Fsp3) is 0.154. The molecule has 4 rings (SSSR count). The summed E-state index contributed by atoms with van der Waals surface area (Å²) >= 11 is 0. The number of nitrogens with zero attached hydrogens (tertiary/aromatic N) is 4. The molecule has 0 atom stereocenters. The third-order valence-corrected chi connectivity index (χ3v) is 5.38. The van der Waals surface area contributed by atoms with Crippen molar-refractivity contribution >= 4 is 5.91 Å². The second-order valence-electron chi connectivity index (χ2n) is 8.05. The molecule has 0 aliphatic rings. The molecule has 7 nitrogen and oxygen atoms in total.